The zero-order valence-electron chi connectivity index (χ0n) is 9.79. The van der Waals surface area contributed by atoms with E-state index in [1.807, 2.05) is 24.3 Å². The largest absolute Gasteiger partial charge is 0.397 e. The zero-order valence-corrected chi connectivity index (χ0v) is 12.1. The van der Waals surface area contributed by atoms with Crippen LogP contribution in [0.4, 0.5) is 11.4 Å². The maximum atomic E-state index is 5.93. The molecule has 18 heavy (non-hydrogen) atoms. The van der Waals surface area contributed by atoms with Crippen LogP contribution < -0.4 is 11.1 Å². The number of rotatable bonds is 4. The number of anilines is 2. The quantitative estimate of drug-likeness (QED) is 0.821. The minimum atomic E-state index is 0.689. The standard InChI is InChI=1S/C14H14BrClN2/c15-11-3-1-2-10(8-11)6-7-18-14-9-12(16)4-5-13(14)17/h1-5,8-9,18H,6-7,17H2. The fourth-order valence-electron chi connectivity index (χ4n) is 1.72. The first kappa shape index (κ1) is 13.2. The molecule has 3 N–H and O–H groups in total. The Bertz CT molecular complexity index is 543. The van der Waals surface area contributed by atoms with E-state index in [0.29, 0.717) is 10.7 Å². The molecule has 2 aromatic carbocycles. The van der Waals surface area contributed by atoms with Crippen molar-refractivity contribution in [3.63, 3.8) is 0 Å². The number of nitrogens with one attached hydrogen (secondary N) is 1. The summed E-state index contributed by atoms with van der Waals surface area (Å²) in [6, 6.07) is 13.7. The summed E-state index contributed by atoms with van der Waals surface area (Å²) in [5.41, 5.74) is 8.74. The van der Waals surface area contributed by atoms with E-state index in [9.17, 15) is 0 Å². The lowest BCUT2D eigenvalue weighted by molar-refractivity contribution is 1.02. The first-order chi connectivity index (χ1) is 8.65. The van der Waals surface area contributed by atoms with Crippen LogP contribution in [0.3, 0.4) is 0 Å². The van der Waals surface area contributed by atoms with Gasteiger partial charge in [-0.1, -0.05) is 39.7 Å². The topological polar surface area (TPSA) is 38.0 Å². The number of benzene rings is 2. The Morgan fingerprint density at radius 3 is 2.78 bits per heavy atom. The molecule has 0 saturated heterocycles. The molecule has 0 amide bonds. The van der Waals surface area contributed by atoms with Crippen molar-refractivity contribution in [2.75, 3.05) is 17.6 Å². The third-order valence-corrected chi connectivity index (χ3v) is 3.36. The first-order valence-corrected chi connectivity index (χ1v) is 6.85. The maximum absolute atomic E-state index is 5.93. The Kier molecular flexibility index (Phi) is 4.50. The van der Waals surface area contributed by atoms with E-state index in [1.54, 1.807) is 6.07 Å². The van der Waals surface area contributed by atoms with Crippen LogP contribution in [0.5, 0.6) is 0 Å². The third-order valence-electron chi connectivity index (χ3n) is 2.63. The molecule has 0 unspecified atom stereocenters. The number of nitrogen functional groups attached to an aromatic ring is 1. The van der Waals surface area contributed by atoms with Crippen molar-refractivity contribution in [3.05, 3.63) is 57.5 Å². The van der Waals surface area contributed by atoms with Gasteiger partial charge in [0.15, 0.2) is 0 Å². The van der Waals surface area contributed by atoms with E-state index < -0.39 is 0 Å². The van der Waals surface area contributed by atoms with E-state index in [2.05, 4.69) is 33.4 Å². The molecule has 2 aromatic rings. The summed E-state index contributed by atoms with van der Waals surface area (Å²) in [6.45, 7) is 0.820. The molecule has 0 aliphatic rings. The first-order valence-electron chi connectivity index (χ1n) is 5.68. The number of hydrogen-bond donors (Lipinski definition) is 2. The molecule has 0 aromatic heterocycles. The Balaban J connectivity index is 1.94. The van der Waals surface area contributed by atoms with Crippen LogP contribution >= 0.6 is 27.5 Å². The SMILES string of the molecule is Nc1ccc(Cl)cc1NCCc1cccc(Br)c1. The molecular weight excluding hydrogens is 312 g/mol. The molecule has 0 bridgehead atoms. The average molecular weight is 326 g/mol. The van der Waals surface area contributed by atoms with Gasteiger partial charge >= 0.3 is 0 Å². The van der Waals surface area contributed by atoms with Crippen molar-refractivity contribution >= 4 is 38.9 Å². The van der Waals surface area contributed by atoms with Crippen LogP contribution in [-0.4, -0.2) is 6.54 Å². The fraction of sp³-hybridized carbons (Fsp3) is 0.143. The highest BCUT2D eigenvalue weighted by Crippen LogP contribution is 2.22. The second-order valence-electron chi connectivity index (χ2n) is 4.04. The normalized spacial score (nSPS) is 10.3. The molecule has 0 heterocycles. The number of nitrogens with two attached hydrogens (primary N) is 1. The van der Waals surface area contributed by atoms with Gasteiger partial charge in [0.25, 0.3) is 0 Å². The molecule has 4 heteroatoms. The fourth-order valence-corrected chi connectivity index (χ4v) is 2.33. The van der Waals surface area contributed by atoms with Crippen molar-refractivity contribution in [3.8, 4) is 0 Å². The van der Waals surface area contributed by atoms with Crippen molar-refractivity contribution < 1.29 is 0 Å². The minimum absolute atomic E-state index is 0.689. The van der Waals surface area contributed by atoms with E-state index in [-0.39, 0.29) is 0 Å². The highest BCUT2D eigenvalue weighted by molar-refractivity contribution is 9.10. The van der Waals surface area contributed by atoms with Crippen LogP contribution in [0.2, 0.25) is 5.02 Å². The molecule has 0 spiro atoms. The molecule has 2 rings (SSSR count). The number of halogens is 2. The molecule has 0 radical (unpaired) electrons. The molecule has 2 nitrogen and oxygen atoms in total. The zero-order chi connectivity index (χ0) is 13.0. The van der Waals surface area contributed by atoms with Gasteiger partial charge < -0.3 is 11.1 Å². The Hall–Kier alpha value is -1.19. The molecule has 0 saturated carbocycles. The Labute approximate surface area is 120 Å². The average Bonchev–Trinajstić information content (AvgIpc) is 2.34. The lowest BCUT2D eigenvalue weighted by atomic mass is 10.1. The molecule has 94 valence electrons. The summed E-state index contributed by atoms with van der Waals surface area (Å²) in [5, 5.41) is 3.99. The van der Waals surface area contributed by atoms with Gasteiger partial charge in [0.2, 0.25) is 0 Å². The molecule has 0 aliphatic carbocycles. The predicted molar refractivity (Wildman–Crippen MR) is 82.2 cm³/mol. The summed E-state index contributed by atoms with van der Waals surface area (Å²) in [4.78, 5) is 0. The van der Waals surface area contributed by atoms with Gasteiger partial charge in [0.05, 0.1) is 11.4 Å². The van der Waals surface area contributed by atoms with Crippen molar-refractivity contribution in [2.45, 2.75) is 6.42 Å². The van der Waals surface area contributed by atoms with Gasteiger partial charge in [-0.2, -0.15) is 0 Å². The highest BCUT2D eigenvalue weighted by atomic mass is 79.9. The smallest absolute Gasteiger partial charge is 0.0588 e. The predicted octanol–water partition coefficient (Wildman–Crippen LogP) is 4.34. The monoisotopic (exact) mass is 324 g/mol. The molecule has 0 fully saturated rings. The van der Waals surface area contributed by atoms with Gasteiger partial charge in [-0.25, -0.2) is 0 Å². The lowest BCUT2D eigenvalue weighted by Crippen LogP contribution is -2.06. The van der Waals surface area contributed by atoms with Crippen LogP contribution in [0, 0.1) is 0 Å². The minimum Gasteiger partial charge on any atom is -0.397 e. The third kappa shape index (κ3) is 3.65. The van der Waals surface area contributed by atoms with E-state index >= 15 is 0 Å². The van der Waals surface area contributed by atoms with Crippen molar-refractivity contribution in [1.82, 2.24) is 0 Å². The molecule has 0 aliphatic heterocycles. The Morgan fingerprint density at radius 2 is 2.00 bits per heavy atom. The second-order valence-corrected chi connectivity index (χ2v) is 5.39. The summed E-state index contributed by atoms with van der Waals surface area (Å²) in [6.07, 6.45) is 0.936. The van der Waals surface area contributed by atoms with Crippen LogP contribution in [0.15, 0.2) is 46.9 Å². The van der Waals surface area contributed by atoms with Gasteiger partial charge in [-0.3, -0.25) is 0 Å². The van der Waals surface area contributed by atoms with Crippen LogP contribution in [0.1, 0.15) is 5.56 Å². The van der Waals surface area contributed by atoms with Crippen molar-refractivity contribution in [1.29, 1.82) is 0 Å². The van der Waals surface area contributed by atoms with Crippen LogP contribution in [-0.2, 0) is 6.42 Å². The number of hydrogen-bond acceptors (Lipinski definition) is 2. The van der Waals surface area contributed by atoms with Crippen LogP contribution in [0.25, 0.3) is 0 Å². The van der Waals surface area contributed by atoms with E-state index in [1.165, 1.54) is 5.56 Å². The second kappa shape index (κ2) is 6.12. The summed E-state index contributed by atoms with van der Waals surface area (Å²) in [7, 11) is 0. The van der Waals surface area contributed by atoms with Gasteiger partial charge in [-0.15, -0.1) is 0 Å². The molecule has 0 atom stereocenters. The maximum Gasteiger partial charge on any atom is 0.0588 e. The Morgan fingerprint density at radius 1 is 1.17 bits per heavy atom. The lowest BCUT2D eigenvalue weighted by Gasteiger charge is -2.09. The summed E-state index contributed by atoms with van der Waals surface area (Å²) in [5.74, 6) is 0. The van der Waals surface area contributed by atoms with E-state index in [0.717, 1.165) is 23.1 Å². The van der Waals surface area contributed by atoms with Gasteiger partial charge in [0.1, 0.15) is 0 Å². The van der Waals surface area contributed by atoms with Crippen molar-refractivity contribution in [2.24, 2.45) is 0 Å². The summed E-state index contributed by atoms with van der Waals surface area (Å²) >= 11 is 9.39. The summed E-state index contributed by atoms with van der Waals surface area (Å²) < 4.78 is 1.10. The molecular formula is C14H14BrClN2. The van der Waals surface area contributed by atoms with E-state index in [4.69, 9.17) is 17.3 Å². The van der Waals surface area contributed by atoms with Gasteiger partial charge in [0, 0.05) is 16.0 Å². The highest BCUT2D eigenvalue weighted by Gasteiger charge is 2.00. The van der Waals surface area contributed by atoms with Gasteiger partial charge in [-0.05, 0) is 42.3 Å².